The summed E-state index contributed by atoms with van der Waals surface area (Å²) >= 11 is 6.03. The molecule has 0 aliphatic carbocycles. The maximum atomic E-state index is 11.2. The molecule has 3 nitrogen and oxygen atoms in total. The highest BCUT2D eigenvalue weighted by Crippen LogP contribution is 2.27. The highest BCUT2D eigenvalue weighted by Gasteiger charge is 2.11. The summed E-state index contributed by atoms with van der Waals surface area (Å²) in [7, 11) is 0. The number of carbonyl (C=O) groups is 1. The van der Waals surface area contributed by atoms with Crippen molar-refractivity contribution in [2.75, 3.05) is 5.32 Å². The number of carboxylic acids is 1. The highest BCUT2D eigenvalue weighted by molar-refractivity contribution is 6.33. The first-order chi connectivity index (χ1) is 8.58. The predicted octanol–water partition coefficient (Wildman–Crippen LogP) is 4.09. The fraction of sp³-hybridized carbons (Fsp3) is 0.0714. The Morgan fingerprint density at radius 2 is 1.89 bits per heavy atom. The van der Waals surface area contributed by atoms with Crippen LogP contribution >= 0.6 is 11.6 Å². The van der Waals surface area contributed by atoms with Gasteiger partial charge in [-0.05, 0) is 31.2 Å². The molecule has 0 amide bonds. The Kier molecular flexibility index (Phi) is 3.53. The van der Waals surface area contributed by atoms with Gasteiger partial charge in [0.25, 0.3) is 0 Å². The van der Waals surface area contributed by atoms with E-state index in [1.165, 1.54) is 0 Å². The summed E-state index contributed by atoms with van der Waals surface area (Å²) < 4.78 is 0. The van der Waals surface area contributed by atoms with Crippen LogP contribution in [0.25, 0.3) is 0 Å². The molecule has 0 radical (unpaired) electrons. The van der Waals surface area contributed by atoms with Gasteiger partial charge < -0.3 is 10.4 Å². The lowest BCUT2D eigenvalue weighted by atomic mass is 10.1. The van der Waals surface area contributed by atoms with E-state index in [1.807, 2.05) is 25.1 Å². The Morgan fingerprint density at radius 3 is 2.56 bits per heavy atom. The Balaban J connectivity index is 2.41. The van der Waals surface area contributed by atoms with Crippen molar-refractivity contribution < 1.29 is 9.90 Å². The van der Waals surface area contributed by atoms with Crippen LogP contribution in [0.3, 0.4) is 0 Å². The highest BCUT2D eigenvalue weighted by atomic mass is 35.5. The number of carboxylic acid groups (broad SMARTS) is 1. The molecular weight excluding hydrogens is 250 g/mol. The molecular formula is C14H12ClNO2. The van der Waals surface area contributed by atoms with E-state index >= 15 is 0 Å². The van der Waals surface area contributed by atoms with Crippen LogP contribution in [0.15, 0.2) is 42.5 Å². The quantitative estimate of drug-likeness (QED) is 0.875. The van der Waals surface area contributed by atoms with E-state index in [-0.39, 0.29) is 5.56 Å². The summed E-state index contributed by atoms with van der Waals surface area (Å²) in [5, 5.41) is 12.8. The number of aryl methyl sites for hydroxylation is 1. The Morgan fingerprint density at radius 1 is 1.17 bits per heavy atom. The molecule has 0 aliphatic heterocycles. The monoisotopic (exact) mass is 261 g/mol. The minimum absolute atomic E-state index is 0.231. The predicted molar refractivity (Wildman–Crippen MR) is 72.9 cm³/mol. The van der Waals surface area contributed by atoms with E-state index in [9.17, 15) is 4.79 Å². The van der Waals surface area contributed by atoms with Gasteiger partial charge >= 0.3 is 5.97 Å². The first kappa shape index (κ1) is 12.5. The number of hydrogen-bond acceptors (Lipinski definition) is 2. The van der Waals surface area contributed by atoms with Gasteiger partial charge in [0.05, 0.1) is 22.0 Å². The standard InChI is InChI=1S/C14H12ClNO2/c1-9-6-7-12(10(8-9)14(17)18)16-13-5-3-2-4-11(13)15/h2-8,16H,1H3,(H,17,18). The lowest BCUT2D eigenvalue weighted by molar-refractivity contribution is 0.0698. The first-order valence-corrected chi connectivity index (χ1v) is 5.81. The van der Waals surface area contributed by atoms with Crippen molar-refractivity contribution in [2.45, 2.75) is 6.92 Å². The summed E-state index contributed by atoms with van der Waals surface area (Å²) in [6.45, 7) is 1.85. The average Bonchev–Trinajstić information content (AvgIpc) is 2.34. The third-order valence-electron chi connectivity index (χ3n) is 2.55. The number of benzene rings is 2. The summed E-state index contributed by atoms with van der Waals surface area (Å²) in [6.07, 6.45) is 0. The van der Waals surface area contributed by atoms with Gasteiger partial charge in [-0.3, -0.25) is 0 Å². The lowest BCUT2D eigenvalue weighted by Crippen LogP contribution is -2.03. The normalized spacial score (nSPS) is 10.1. The number of anilines is 2. The van der Waals surface area contributed by atoms with E-state index in [4.69, 9.17) is 16.7 Å². The second kappa shape index (κ2) is 5.10. The van der Waals surface area contributed by atoms with Crippen LogP contribution in [0, 0.1) is 6.92 Å². The van der Waals surface area contributed by atoms with Gasteiger partial charge in [0, 0.05) is 0 Å². The molecule has 4 heteroatoms. The molecule has 2 N–H and O–H groups in total. The smallest absolute Gasteiger partial charge is 0.337 e. The number of rotatable bonds is 3. The third-order valence-corrected chi connectivity index (χ3v) is 2.88. The van der Waals surface area contributed by atoms with Crippen LogP contribution in [0.2, 0.25) is 5.02 Å². The van der Waals surface area contributed by atoms with Gasteiger partial charge in [0.1, 0.15) is 0 Å². The van der Waals surface area contributed by atoms with E-state index in [1.54, 1.807) is 24.3 Å². The zero-order valence-electron chi connectivity index (χ0n) is 9.77. The largest absolute Gasteiger partial charge is 0.478 e. The third kappa shape index (κ3) is 2.63. The summed E-state index contributed by atoms with van der Waals surface area (Å²) in [5.74, 6) is -0.965. The average molecular weight is 262 g/mol. The van der Waals surface area contributed by atoms with Crippen molar-refractivity contribution in [2.24, 2.45) is 0 Å². The Labute approximate surface area is 110 Å². The van der Waals surface area contributed by atoms with Crippen LogP contribution in [-0.4, -0.2) is 11.1 Å². The maximum absolute atomic E-state index is 11.2. The molecule has 0 atom stereocenters. The van der Waals surface area contributed by atoms with Crippen LogP contribution in [-0.2, 0) is 0 Å². The molecule has 0 spiro atoms. The van der Waals surface area contributed by atoms with Gasteiger partial charge in [0.2, 0.25) is 0 Å². The van der Waals surface area contributed by atoms with Crippen molar-refractivity contribution in [1.29, 1.82) is 0 Å². The second-order valence-corrected chi connectivity index (χ2v) is 4.37. The van der Waals surface area contributed by atoms with E-state index in [0.717, 1.165) is 5.56 Å². The Bertz CT molecular complexity index is 596. The van der Waals surface area contributed by atoms with Crippen molar-refractivity contribution in [3.05, 3.63) is 58.6 Å². The zero-order valence-corrected chi connectivity index (χ0v) is 10.5. The van der Waals surface area contributed by atoms with Gasteiger partial charge in [-0.15, -0.1) is 0 Å². The minimum atomic E-state index is -0.965. The molecule has 0 saturated heterocycles. The Hall–Kier alpha value is -2.00. The van der Waals surface area contributed by atoms with Crippen molar-refractivity contribution in [3.63, 3.8) is 0 Å². The molecule has 0 aliphatic rings. The molecule has 0 heterocycles. The molecule has 0 unspecified atom stereocenters. The van der Waals surface area contributed by atoms with Crippen molar-refractivity contribution in [1.82, 2.24) is 0 Å². The number of para-hydroxylation sites is 1. The molecule has 18 heavy (non-hydrogen) atoms. The van der Waals surface area contributed by atoms with Gasteiger partial charge in [0.15, 0.2) is 0 Å². The van der Waals surface area contributed by atoms with Crippen molar-refractivity contribution >= 4 is 28.9 Å². The zero-order chi connectivity index (χ0) is 13.1. The maximum Gasteiger partial charge on any atom is 0.337 e. The molecule has 0 bridgehead atoms. The molecule has 2 rings (SSSR count). The summed E-state index contributed by atoms with van der Waals surface area (Å²) in [6, 6.07) is 12.4. The van der Waals surface area contributed by atoms with Gasteiger partial charge in [-0.2, -0.15) is 0 Å². The molecule has 2 aromatic rings. The second-order valence-electron chi connectivity index (χ2n) is 3.96. The van der Waals surface area contributed by atoms with E-state index < -0.39 is 5.97 Å². The van der Waals surface area contributed by atoms with Crippen molar-refractivity contribution in [3.8, 4) is 0 Å². The van der Waals surface area contributed by atoms with Crippen LogP contribution in [0.1, 0.15) is 15.9 Å². The fourth-order valence-electron chi connectivity index (χ4n) is 1.65. The SMILES string of the molecule is Cc1ccc(Nc2ccccc2Cl)c(C(=O)O)c1. The van der Waals surface area contributed by atoms with Crippen LogP contribution in [0.4, 0.5) is 11.4 Å². The molecule has 92 valence electrons. The van der Waals surface area contributed by atoms with Gasteiger partial charge in [-0.1, -0.05) is 35.4 Å². The number of hydrogen-bond donors (Lipinski definition) is 2. The fourth-order valence-corrected chi connectivity index (χ4v) is 1.83. The topological polar surface area (TPSA) is 49.3 Å². The molecule has 0 fully saturated rings. The lowest BCUT2D eigenvalue weighted by Gasteiger charge is -2.11. The summed E-state index contributed by atoms with van der Waals surface area (Å²) in [4.78, 5) is 11.2. The molecule has 0 aromatic heterocycles. The molecule has 2 aromatic carbocycles. The van der Waals surface area contributed by atoms with E-state index in [0.29, 0.717) is 16.4 Å². The van der Waals surface area contributed by atoms with Crippen LogP contribution < -0.4 is 5.32 Å². The van der Waals surface area contributed by atoms with Crippen LogP contribution in [0.5, 0.6) is 0 Å². The number of halogens is 1. The first-order valence-electron chi connectivity index (χ1n) is 5.43. The number of aromatic carboxylic acids is 1. The number of nitrogens with one attached hydrogen (secondary N) is 1. The molecule has 0 saturated carbocycles. The summed E-state index contributed by atoms with van der Waals surface area (Å²) in [5.41, 5.74) is 2.35. The van der Waals surface area contributed by atoms with Gasteiger partial charge in [-0.25, -0.2) is 4.79 Å². The van der Waals surface area contributed by atoms with E-state index in [2.05, 4.69) is 5.32 Å². The minimum Gasteiger partial charge on any atom is -0.478 e.